The molecule has 0 aliphatic rings. The van der Waals surface area contributed by atoms with Crippen molar-refractivity contribution in [3.05, 3.63) is 29.3 Å². The Kier molecular flexibility index (Phi) is 6.39. The molecule has 0 saturated heterocycles. The molecule has 1 aromatic carbocycles. The van der Waals surface area contributed by atoms with Gasteiger partial charge in [-0.3, -0.25) is 4.79 Å². The SMILES string of the molecule is CCc1cccc(CC)c1NC(=O)COCCN. The van der Waals surface area contributed by atoms with Gasteiger partial charge in [0.15, 0.2) is 0 Å². The lowest BCUT2D eigenvalue weighted by atomic mass is 10.0. The van der Waals surface area contributed by atoms with Crippen molar-refractivity contribution in [1.82, 2.24) is 0 Å². The molecular formula is C14H22N2O2. The number of carbonyl (C=O) groups excluding carboxylic acids is 1. The third-order valence-corrected chi connectivity index (χ3v) is 2.76. The molecule has 100 valence electrons. The second kappa shape index (κ2) is 7.84. The Morgan fingerprint density at radius 2 is 1.89 bits per heavy atom. The van der Waals surface area contributed by atoms with Crippen LogP contribution in [0.2, 0.25) is 0 Å². The Balaban J connectivity index is 2.72. The van der Waals surface area contributed by atoms with Gasteiger partial charge >= 0.3 is 0 Å². The lowest BCUT2D eigenvalue weighted by molar-refractivity contribution is -0.120. The smallest absolute Gasteiger partial charge is 0.250 e. The Labute approximate surface area is 109 Å². The predicted molar refractivity (Wildman–Crippen MR) is 73.7 cm³/mol. The van der Waals surface area contributed by atoms with Crippen LogP contribution in [0.25, 0.3) is 0 Å². The third kappa shape index (κ3) is 4.13. The minimum atomic E-state index is -0.126. The first kappa shape index (κ1) is 14.7. The highest BCUT2D eigenvalue weighted by Gasteiger charge is 2.09. The maximum atomic E-state index is 11.7. The number of aryl methyl sites for hydroxylation is 2. The zero-order chi connectivity index (χ0) is 13.4. The largest absolute Gasteiger partial charge is 0.370 e. The number of para-hydroxylation sites is 1. The number of benzene rings is 1. The van der Waals surface area contributed by atoms with Gasteiger partial charge in [-0.15, -0.1) is 0 Å². The van der Waals surface area contributed by atoms with Gasteiger partial charge < -0.3 is 15.8 Å². The molecule has 0 radical (unpaired) electrons. The molecule has 0 aliphatic carbocycles. The van der Waals surface area contributed by atoms with Crippen LogP contribution in [-0.2, 0) is 22.4 Å². The monoisotopic (exact) mass is 250 g/mol. The number of hydrogen-bond donors (Lipinski definition) is 2. The molecule has 0 aliphatic heterocycles. The molecule has 1 aromatic rings. The van der Waals surface area contributed by atoms with Crippen LogP contribution in [0.15, 0.2) is 18.2 Å². The van der Waals surface area contributed by atoms with Gasteiger partial charge in [0.2, 0.25) is 5.91 Å². The summed E-state index contributed by atoms with van der Waals surface area (Å²) in [7, 11) is 0. The summed E-state index contributed by atoms with van der Waals surface area (Å²) >= 11 is 0. The second-order valence-corrected chi connectivity index (χ2v) is 4.05. The van der Waals surface area contributed by atoms with Crippen molar-refractivity contribution in [3.63, 3.8) is 0 Å². The summed E-state index contributed by atoms with van der Waals surface area (Å²) in [6.07, 6.45) is 1.79. The number of amides is 1. The summed E-state index contributed by atoms with van der Waals surface area (Å²) in [5.74, 6) is -0.126. The normalized spacial score (nSPS) is 10.4. The summed E-state index contributed by atoms with van der Waals surface area (Å²) in [4.78, 5) is 11.7. The fraction of sp³-hybridized carbons (Fsp3) is 0.500. The highest BCUT2D eigenvalue weighted by atomic mass is 16.5. The standard InChI is InChI=1S/C14H22N2O2/c1-3-11-6-5-7-12(4-2)14(11)16-13(17)10-18-9-8-15/h5-7H,3-4,8-10,15H2,1-2H3,(H,16,17). The van der Waals surface area contributed by atoms with Crippen LogP contribution < -0.4 is 11.1 Å². The predicted octanol–water partition coefficient (Wildman–Crippen LogP) is 1.73. The average Bonchev–Trinajstić information content (AvgIpc) is 2.39. The van der Waals surface area contributed by atoms with Crippen molar-refractivity contribution in [3.8, 4) is 0 Å². The number of carbonyl (C=O) groups is 1. The number of nitrogens with two attached hydrogens (primary N) is 1. The third-order valence-electron chi connectivity index (χ3n) is 2.76. The van der Waals surface area contributed by atoms with E-state index < -0.39 is 0 Å². The molecule has 0 fully saturated rings. The molecule has 1 rings (SSSR count). The van der Waals surface area contributed by atoms with Crippen LogP contribution in [0.5, 0.6) is 0 Å². The highest BCUT2D eigenvalue weighted by molar-refractivity contribution is 5.93. The molecule has 0 saturated carbocycles. The first-order valence-corrected chi connectivity index (χ1v) is 6.41. The van der Waals surface area contributed by atoms with Crippen molar-refractivity contribution in [2.75, 3.05) is 25.1 Å². The number of rotatable bonds is 7. The van der Waals surface area contributed by atoms with Gasteiger partial charge in [0, 0.05) is 12.2 Å². The molecular weight excluding hydrogens is 228 g/mol. The minimum absolute atomic E-state index is 0.0540. The van der Waals surface area contributed by atoms with E-state index in [-0.39, 0.29) is 12.5 Å². The van der Waals surface area contributed by atoms with Gasteiger partial charge in [-0.2, -0.15) is 0 Å². The molecule has 18 heavy (non-hydrogen) atoms. The molecule has 0 heterocycles. The van der Waals surface area contributed by atoms with Gasteiger partial charge in [0.25, 0.3) is 0 Å². The van der Waals surface area contributed by atoms with Gasteiger partial charge in [0.1, 0.15) is 6.61 Å². The summed E-state index contributed by atoms with van der Waals surface area (Å²) in [5, 5.41) is 2.94. The van der Waals surface area contributed by atoms with Gasteiger partial charge in [-0.1, -0.05) is 32.0 Å². The Hall–Kier alpha value is -1.39. The van der Waals surface area contributed by atoms with Gasteiger partial charge in [-0.25, -0.2) is 0 Å². The first-order chi connectivity index (χ1) is 8.72. The maximum Gasteiger partial charge on any atom is 0.250 e. The minimum Gasteiger partial charge on any atom is -0.370 e. The van der Waals surface area contributed by atoms with Crippen molar-refractivity contribution >= 4 is 11.6 Å². The van der Waals surface area contributed by atoms with Crippen LogP contribution in [0, 0.1) is 0 Å². The Bertz CT molecular complexity index is 369. The molecule has 4 heteroatoms. The lowest BCUT2D eigenvalue weighted by Crippen LogP contribution is -2.22. The van der Waals surface area contributed by atoms with Crippen LogP contribution in [0.1, 0.15) is 25.0 Å². The molecule has 0 atom stereocenters. The maximum absolute atomic E-state index is 11.7. The topological polar surface area (TPSA) is 64.3 Å². The fourth-order valence-corrected chi connectivity index (χ4v) is 1.83. The molecule has 0 aromatic heterocycles. The van der Waals surface area contributed by atoms with E-state index in [0.29, 0.717) is 13.2 Å². The number of hydrogen-bond acceptors (Lipinski definition) is 3. The van der Waals surface area contributed by atoms with Crippen LogP contribution >= 0.6 is 0 Å². The van der Waals surface area contributed by atoms with E-state index in [9.17, 15) is 4.79 Å². The molecule has 3 N–H and O–H groups in total. The zero-order valence-electron chi connectivity index (χ0n) is 11.2. The Morgan fingerprint density at radius 1 is 1.28 bits per heavy atom. The molecule has 0 bridgehead atoms. The van der Waals surface area contributed by atoms with E-state index in [4.69, 9.17) is 10.5 Å². The number of anilines is 1. The zero-order valence-corrected chi connectivity index (χ0v) is 11.2. The number of nitrogens with one attached hydrogen (secondary N) is 1. The molecule has 0 spiro atoms. The van der Waals surface area contributed by atoms with E-state index in [1.165, 1.54) is 0 Å². The van der Waals surface area contributed by atoms with Crippen molar-refractivity contribution in [2.24, 2.45) is 5.73 Å². The molecule has 0 unspecified atom stereocenters. The second-order valence-electron chi connectivity index (χ2n) is 4.05. The molecule has 1 amide bonds. The van der Waals surface area contributed by atoms with E-state index in [1.807, 2.05) is 18.2 Å². The molecule has 4 nitrogen and oxygen atoms in total. The van der Waals surface area contributed by atoms with E-state index in [1.54, 1.807) is 0 Å². The highest BCUT2D eigenvalue weighted by Crippen LogP contribution is 2.22. The van der Waals surface area contributed by atoms with E-state index >= 15 is 0 Å². The lowest BCUT2D eigenvalue weighted by Gasteiger charge is -2.14. The summed E-state index contributed by atoms with van der Waals surface area (Å²) in [6, 6.07) is 6.10. The quantitative estimate of drug-likeness (QED) is 0.724. The first-order valence-electron chi connectivity index (χ1n) is 6.41. The van der Waals surface area contributed by atoms with Crippen LogP contribution in [-0.4, -0.2) is 25.7 Å². The summed E-state index contributed by atoms with van der Waals surface area (Å²) < 4.78 is 5.13. The number of ether oxygens (including phenoxy) is 1. The fourth-order valence-electron chi connectivity index (χ4n) is 1.83. The average molecular weight is 250 g/mol. The van der Waals surface area contributed by atoms with Crippen LogP contribution in [0.3, 0.4) is 0 Å². The van der Waals surface area contributed by atoms with Crippen molar-refractivity contribution < 1.29 is 9.53 Å². The van der Waals surface area contributed by atoms with Crippen LogP contribution in [0.4, 0.5) is 5.69 Å². The van der Waals surface area contributed by atoms with Crippen molar-refractivity contribution in [2.45, 2.75) is 26.7 Å². The summed E-state index contributed by atoms with van der Waals surface area (Å²) in [6.45, 7) is 5.05. The van der Waals surface area contributed by atoms with Gasteiger partial charge in [-0.05, 0) is 24.0 Å². The van der Waals surface area contributed by atoms with E-state index in [0.717, 1.165) is 29.7 Å². The van der Waals surface area contributed by atoms with Crippen molar-refractivity contribution in [1.29, 1.82) is 0 Å². The van der Waals surface area contributed by atoms with E-state index in [2.05, 4.69) is 19.2 Å². The van der Waals surface area contributed by atoms with Gasteiger partial charge in [0.05, 0.1) is 6.61 Å². The summed E-state index contributed by atoms with van der Waals surface area (Å²) in [5.41, 5.74) is 8.54. The Morgan fingerprint density at radius 3 is 2.39 bits per heavy atom.